The monoisotopic (exact) mass is 340 g/mol. The van der Waals surface area contributed by atoms with Crippen LogP contribution in [0.25, 0.3) is 0 Å². The van der Waals surface area contributed by atoms with E-state index in [9.17, 15) is 28.8 Å². The van der Waals surface area contributed by atoms with Gasteiger partial charge in [0, 0.05) is 7.05 Å². The van der Waals surface area contributed by atoms with E-state index >= 15 is 0 Å². The van der Waals surface area contributed by atoms with Gasteiger partial charge in [-0.3, -0.25) is 19.6 Å². The molecule has 2 rings (SSSR count). The molecule has 2 atom stereocenters. The molecule has 0 aliphatic carbocycles. The van der Waals surface area contributed by atoms with Gasteiger partial charge in [-0.25, -0.2) is 8.78 Å². The lowest BCUT2D eigenvalue weighted by molar-refractivity contribution is -0.385. The van der Waals surface area contributed by atoms with E-state index in [1.807, 2.05) is 0 Å². The number of nitro groups is 1. The van der Waals surface area contributed by atoms with Crippen LogP contribution in [0.1, 0.15) is 29.1 Å². The van der Waals surface area contributed by atoms with Crippen molar-refractivity contribution in [3.05, 3.63) is 57.4 Å². The smallest absolute Gasteiger partial charge is 0.320 e. The summed E-state index contributed by atoms with van der Waals surface area (Å²) < 4.78 is 27.2. The largest absolute Gasteiger partial charge is 0.386 e. The maximum absolute atomic E-state index is 13.2. The molecule has 0 saturated heterocycles. The second kappa shape index (κ2) is 6.71. The minimum Gasteiger partial charge on any atom is -0.386 e. The van der Waals surface area contributed by atoms with Crippen molar-refractivity contribution in [3.8, 4) is 0 Å². The first-order chi connectivity index (χ1) is 11.2. The molecular formula is C14H14F2N4O4. The number of benzene rings is 1. The van der Waals surface area contributed by atoms with Crippen LogP contribution in [0.4, 0.5) is 14.5 Å². The minimum absolute atomic E-state index is 0.0567. The molecule has 2 N–H and O–H groups in total. The topological polar surface area (TPSA) is 110 Å². The van der Waals surface area contributed by atoms with E-state index in [4.69, 9.17) is 0 Å². The first-order valence-electron chi connectivity index (χ1n) is 6.82. The van der Waals surface area contributed by atoms with Gasteiger partial charge in [0.1, 0.15) is 6.20 Å². The van der Waals surface area contributed by atoms with Gasteiger partial charge < -0.3 is 10.4 Å². The molecule has 128 valence electrons. The van der Waals surface area contributed by atoms with Crippen LogP contribution < -0.4 is 5.32 Å². The number of hydrogen-bond donors (Lipinski definition) is 2. The summed E-state index contributed by atoms with van der Waals surface area (Å²) in [7, 11) is 1.36. The zero-order chi connectivity index (χ0) is 18.0. The fraction of sp³-hybridized carbons (Fsp3) is 0.286. The third kappa shape index (κ3) is 3.38. The Hall–Kier alpha value is -2.88. The number of nitrogens with zero attached hydrogens (tertiary/aromatic N) is 3. The lowest BCUT2D eigenvalue weighted by Gasteiger charge is -2.20. The summed E-state index contributed by atoms with van der Waals surface area (Å²) in [6.45, 7) is 1.42. The molecule has 1 aromatic heterocycles. The molecule has 0 aliphatic heterocycles. The van der Waals surface area contributed by atoms with Crippen molar-refractivity contribution in [1.29, 1.82) is 0 Å². The Morgan fingerprint density at radius 1 is 1.42 bits per heavy atom. The third-order valence-electron chi connectivity index (χ3n) is 3.45. The standard InChI is InChI=1S/C14H14F2N4O4/c1-7(13(21)8-3-4-9(15)10(16)5-8)18-14(22)12-11(20(23)24)6-17-19(12)2/h3-7,13,21H,1-2H3,(H,18,22). The highest BCUT2D eigenvalue weighted by atomic mass is 19.2. The molecule has 0 spiro atoms. The molecule has 10 heteroatoms. The van der Waals surface area contributed by atoms with Crippen molar-refractivity contribution in [2.75, 3.05) is 0 Å². The van der Waals surface area contributed by atoms with Crippen LogP contribution in [-0.4, -0.2) is 31.8 Å². The summed E-state index contributed by atoms with van der Waals surface area (Å²) in [5, 5.41) is 27.1. The van der Waals surface area contributed by atoms with Crippen molar-refractivity contribution in [2.45, 2.75) is 19.1 Å². The van der Waals surface area contributed by atoms with Gasteiger partial charge in [-0.1, -0.05) is 6.07 Å². The van der Waals surface area contributed by atoms with Crippen LogP contribution >= 0.6 is 0 Å². The average Bonchev–Trinajstić information content (AvgIpc) is 2.91. The molecule has 0 radical (unpaired) electrons. The van der Waals surface area contributed by atoms with Gasteiger partial charge in [0.15, 0.2) is 11.6 Å². The number of aliphatic hydroxyl groups is 1. The Bertz CT molecular complexity index is 793. The molecule has 0 bridgehead atoms. The highest BCUT2D eigenvalue weighted by molar-refractivity contribution is 5.96. The number of rotatable bonds is 5. The Kier molecular flexibility index (Phi) is 4.88. The number of nitrogens with one attached hydrogen (secondary N) is 1. The zero-order valence-electron chi connectivity index (χ0n) is 12.7. The number of carbonyl (C=O) groups is 1. The SMILES string of the molecule is CC(NC(=O)c1c([N+](=O)[O-])cnn1C)C(O)c1ccc(F)c(F)c1. The number of amides is 1. The maximum Gasteiger partial charge on any atom is 0.320 e. The molecule has 1 aromatic carbocycles. The van der Waals surface area contributed by atoms with Gasteiger partial charge in [0.2, 0.25) is 5.69 Å². The van der Waals surface area contributed by atoms with Crippen LogP contribution in [0.15, 0.2) is 24.4 Å². The number of halogens is 2. The van der Waals surface area contributed by atoms with Crippen LogP contribution in [-0.2, 0) is 7.05 Å². The molecule has 2 aromatic rings. The van der Waals surface area contributed by atoms with E-state index in [0.717, 1.165) is 23.0 Å². The Morgan fingerprint density at radius 2 is 2.08 bits per heavy atom. The summed E-state index contributed by atoms with van der Waals surface area (Å²) >= 11 is 0. The van der Waals surface area contributed by atoms with Gasteiger partial charge in [0.25, 0.3) is 5.91 Å². The van der Waals surface area contributed by atoms with Crippen molar-refractivity contribution < 1.29 is 23.6 Å². The van der Waals surface area contributed by atoms with Gasteiger partial charge in [-0.15, -0.1) is 0 Å². The summed E-state index contributed by atoms with van der Waals surface area (Å²) in [5.74, 6) is -3.02. The predicted molar refractivity (Wildman–Crippen MR) is 78.1 cm³/mol. The van der Waals surface area contributed by atoms with Gasteiger partial charge in [-0.05, 0) is 24.6 Å². The van der Waals surface area contributed by atoms with E-state index in [-0.39, 0.29) is 11.3 Å². The van der Waals surface area contributed by atoms with E-state index in [1.165, 1.54) is 20.0 Å². The van der Waals surface area contributed by atoms with Gasteiger partial charge in [0.05, 0.1) is 17.1 Å². The highest BCUT2D eigenvalue weighted by Gasteiger charge is 2.28. The zero-order valence-corrected chi connectivity index (χ0v) is 12.7. The lowest BCUT2D eigenvalue weighted by Crippen LogP contribution is -2.38. The van der Waals surface area contributed by atoms with Crippen molar-refractivity contribution >= 4 is 11.6 Å². The molecule has 24 heavy (non-hydrogen) atoms. The molecule has 8 nitrogen and oxygen atoms in total. The predicted octanol–water partition coefficient (Wildman–Crippen LogP) is 1.46. The molecular weight excluding hydrogens is 326 g/mol. The van der Waals surface area contributed by atoms with Crippen molar-refractivity contribution in [2.24, 2.45) is 7.05 Å². The van der Waals surface area contributed by atoms with E-state index in [0.29, 0.717) is 0 Å². The average molecular weight is 340 g/mol. The first kappa shape index (κ1) is 17.5. The minimum atomic E-state index is -1.34. The molecule has 2 unspecified atom stereocenters. The second-order valence-corrected chi connectivity index (χ2v) is 5.14. The fourth-order valence-corrected chi connectivity index (χ4v) is 2.16. The quantitative estimate of drug-likeness (QED) is 0.632. The van der Waals surface area contributed by atoms with Crippen LogP contribution in [0, 0.1) is 21.7 Å². The van der Waals surface area contributed by atoms with Gasteiger partial charge in [-0.2, -0.15) is 5.10 Å². The number of aromatic nitrogens is 2. The Labute approximate surface area is 134 Å². The molecule has 1 heterocycles. The van der Waals surface area contributed by atoms with Gasteiger partial charge >= 0.3 is 5.69 Å². The third-order valence-corrected chi connectivity index (χ3v) is 3.45. The van der Waals surface area contributed by atoms with Crippen molar-refractivity contribution in [3.63, 3.8) is 0 Å². The van der Waals surface area contributed by atoms with E-state index in [1.54, 1.807) is 0 Å². The summed E-state index contributed by atoms with van der Waals surface area (Å²) in [6.07, 6.45) is -0.401. The van der Waals surface area contributed by atoms with Crippen LogP contribution in [0.3, 0.4) is 0 Å². The second-order valence-electron chi connectivity index (χ2n) is 5.14. The fourth-order valence-electron chi connectivity index (χ4n) is 2.16. The Morgan fingerprint density at radius 3 is 2.67 bits per heavy atom. The number of carbonyl (C=O) groups excluding carboxylic acids is 1. The van der Waals surface area contributed by atoms with Crippen molar-refractivity contribution in [1.82, 2.24) is 15.1 Å². The molecule has 0 aliphatic rings. The molecule has 0 fully saturated rings. The van der Waals surface area contributed by atoms with E-state index < -0.39 is 40.3 Å². The molecule has 1 amide bonds. The summed E-state index contributed by atoms with van der Waals surface area (Å²) in [4.78, 5) is 22.3. The molecule has 0 saturated carbocycles. The summed E-state index contributed by atoms with van der Waals surface area (Å²) in [5.41, 5.74) is -0.713. The maximum atomic E-state index is 13.2. The van der Waals surface area contributed by atoms with Crippen LogP contribution in [0.2, 0.25) is 0 Å². The highest BCUT2D eigenvalue weighted by Crippen LogP contribution is 2.21. The normalized spacial score (nSPS) is 13.4. The number of aliphatic hydroxyl groups excluding tert-OH is 1. The number of aryl methyl sites for hydroxylation is 1. The lowest BCUT2D eigenvalue weighted by atomic mass is 10.0. The number of hydrogen-bond acceptors (Lipinski definition) is 5. The summed E-state index contributed by atoms with van der Waals surface area (Å²) in [6, 6.07) is 1.93. The Balaban J connectivity index is 2.18. The first-order valence-corrected chi connectivity index (χ1v) is 6.82. The van der Waals surface area contributed by atoms with Crippen LogP contribution in [0.5, 0.6) is 0 Å². The van der Waals surface area contributed by atoms with E-state index in [2.05, 4.69) is 10.4 Å².